The van der Waals surface area contributed by atoms with Crippen LogP contribution in [0.5, 0.6) is 11.5 Å². The number of aliphatic hydroxyl groups is 1. The van der Waals surface area contributed by atoms with Gasteiger partial charge in [0.15, 0.2) is 11.5 Å². The second kappa shape index (κ2) is 6.58. The highest BCUT2D eigenvalue weighted by molar-refractivity contribution is 9.10. The normalized spacial score (nSPS) is 12.2. The van der Waals surface area contributed by atoms with Crippen molar-refractivity contribution in [2.45, 2.75) is 12.6 Å². The molecule has 0 spiro atoms. The number of nitrogens with one attached hydrogen (secondary N) is 1. The number of ether oxygens (including phenoxy) is 1. The van der Waals surface area contributed by atoms with Gasteiger partial charge in [-0.2, -0.15) is 0 Å². The number of hydrogen-bond donors (Lipinski definition) is 4. The molecular weight excluding hydrogens is 304 g/mol. The highest BCUT2D eigenvalue weighted by Gasteiger charge is 2.11. The minimum Gasteiger partial charge on any atom is -0.503 e. The highest BCUT2D eigenvalue weighted by Crippen LogP contribution is 2.35. The standard InChI is InChI=1S/C11H15BrN2O4/c1-18-9-3-6(2-7(12)10(9)16)4-14-5-8(15)11(13)17/h2-3,8,14-16H,4-5H2,1H3,(H2,13,17). The summed E-state index contributed by atoms with van der Waals surface area (Å²) < 4.78 is 5.51. The molecule has 100 valence electrons. The number of aliphatic hydroxyl groups excluding tert-OH is 1. The lowest BCUT2D eigenvalue weighted by Crippen LogP contribution is -2.37. The van der Waals surface area contributed by atoms with Crippen LogP contribution >= 0.6 is 15.9 Å². The van der Waals surface area contributed by atoms with Crippen LogP contribution in [0.1, 0.15) is 5.56 Å². The number of carbonyl (C=O) groups is 1. The average Bonchev–Trinajstić information content (AvgIpc) is 2.33. The molecule has 0 radical (unpaired) electrons. The number of phenols is 1. The molecule has 1 amide bonds. The zero-order valence-corrected chi connectivity index (χ0v) is 11.4. The van der Waals surface area contributed by atoms with Gasteiger partial charge in [-0.05, 0) is 33.6 Å². The summed E-state index contributed by atoms with van der Waals surface area (Å²) >= 11 is 3.20. The summed E-state index contributed by atoms with van der Waals surface area (Å²) in [4.78, 5) is 10.6. The first-order valence-electron chi connectivity index (χ1n) is 5.19. The second-order valence-electron chi connectivity index (χ2n) is 3.68. The van der Waals surface area contributed by atoms with Gasteiger partial charge in [-0.3, -0.25) is 4.79 Å². The number of benzene rings is 1. The third-order valence-corrected chi connectivity index (χ3v) is 2.91. The number of nitrogens with two attached hydrogens (primary N) is 1. The van der Waals surface area contributed by atoms with Gasteiger partial charge in [-0.1, -0.05) is 0 Å². The molecule has 0 fully saturated rings. The van der Waals surface area contributed by atoms with E-state index in [-0.39, 0.29) is 12.3 Å². The van der Waals surface area contributed by atoms with Crippen LogP contribution < -0.4 is 15.8 Å². The summed E-state index contributed by atoms with van der Waals surface area (Å²) in [7, 11) is 1.45. The van der Waals surface area contributed by atoms with Crippen LogP contribution in [0.15, 0.2) is 16.6 Å². The summed E-state index contributed by atoms with van der Waals surface area (Å²) in [6, 6.07) is 3.37. The van der Waals surface area contributed by atoms with E-state index in [1.807, 2.05) is 0 Å². The zero-order valence-electron chi connectivity index (χ0n) is 9.81. The predicted octanol–water partition coefficient (Wildman–Crippen LogP) is 0.0991. The first-order valence-corrected chi connectivity index (χ1v) is 5.98. The van der Waals surface area contributed by atoms with Crippen molar-refractivity contribution in [2.24, 2.45) is 5.73 Å². The molecule has 0 aliphatic heterocycles. The van der Waals surface area contributed by atoms with E-state index in [0.29, 0.717) is 16.8 Å². The van der Waals surface area contributed by atoms with Crippen LogP contribution in [0, 0.1) is 0 Å². The summed E-state index contributed by atoms with van der Waals surface area (Å²) in [6.45, 7) is 0.468. The maximum Gasteiger partial charge on any atom is 0.247 e. The summed E-state index contributed by atoms with van der Waals surface area (Å²) in [5.41, 5.74) is 5.74. The van der Waals surface area contributed by atoms with Gasteiger partial charge in [0.25, 0.3) is 0 Å². The van der Waals surface area contributed by atoms with Crippen LogP contribution in [0.25, 0.3) is 0 Å². The molecule has 1 rings (SSSR count). The number of amides is 1. The minimum absolute atomic E-state index is 0.0263. The van der Waals surface area contributed by atoms with Crippen molar-refractivity contribution in [1.29, 1.82) is 0 Å². The van der Waals surface area contributed by atoms with Crippen LogP contribution in [-0.2, 0) is 11.3 Å². The predicted molar refractivity (Wildman–Crippen MR) is 69.3 cm³/mol. The monoisotopic (exact) mass is 318 g/mol. The fraction of sp³-hybridized carbons (Fsp3) is 0.364. The van der Waals surface area contributed by atoms with Gasteiger partial charge >= 0.3 is 0 Å². The number of hydrogen-bond acceptors (Lipinski definition) is 5. The Morgan fingerprint density at radius 1 is 1.61 bits per heavy atom. The van der Waals surface area contributed by atoms with Gasteiger partial charge < -0.3 is 26.0 Å². The molecule has 0 aromatic heterocycles. The smallest absolute Gasteiger partial charge is 0.247 e. The molecule has 18 heavy (non-hydrogen) atoms. The lowest BCUT2D eigenvalue weighted by Gasteiger charge is -2.11. The van der Waals surface area contributed by atoms with Gasteiger partial charge in [-0.25, -0.2) is 0 Å². The summed E-state index contributed by atoms with van der Waals surface area (Å²) in [5.74, 6) is -0.401. The minimum atomic E-state index is -1.22. The Hall–Kier alpha value is -1.31. The number of primary amides is 1. The van der Waals surface area contributed by atoms with Crippen LogP contribution in [0.3, 0.4) is 0 Å². The maximum absolute atomic E-state index is 10.6. The van der Waals surface area contributed by atoms with Gasteiger partial charge in [0.05, 0.1) is 11.6 Å². The van der Waals surface area contributed by atoms with Crippen molar-refractivity contribution in [3.05, 3.63) is 22.2 Å². The Morgan fingerprint density at radius 2 is 2.28 bits per heavy atom. The number of methoxy groups -OCH3 is 1. The third-order valence-electron chi connectivity index (χ3n) is 2.30. The Bertz CT molecular complexity index is 439. The molecule has 1 unspecified atom stereocenters. The Morgan fingerprint density at radius 3 is 2.83 bits per heavy atom. The number of halogens is 1. The van der Waals surface area contributed by atoms with Crippen molar-refractivity contribution in [2.75, 3.05) is 13.7 Å². The number of aromatic hydroxyl groups is 1. The van der Waals surface area contributed by atoms with E-state index in [4.69, 9.17) is 10.5 Å². The van der Waals surface area contributed by atoms with E-state index in [0.717, 1.165) is 5.56 Å². The Labute approximate surface area is 113 Å². The Kier molecular flexibility index (Phi) is 5.39. The first kappa shape index (κ1) is 14.7. The van der Waals surface area contributed by atoms with Crippen molar-refractivity contribution in [1.82, 2.24) is 5.32 Å². The molecule has 0 aliphatic carbocycles. The van der Waals surface area contributed by atoms with Crippen LogP contribution in [0.4, 0.5) is 0 Å². The fourth-order valence-corrected chi connectivity index (χ4v) is 1.83. The second-order valence-corrected chi connectivity index (χ2v) is 4.53. The number of carbonyl (C=O) groups excluding carboxylic acids is 1. The third kappa shape index (κ3) is 3.86. The molecule has 1 atom stereocenters. The molecule has 1 aromatic rings. The highest BCUT2D eigenvalue weighted by atomic mass is 79.9. The first-order chi connectivity index (χ1) is 8.45. The van der Waals surface area contributed by atoms with Crippen molar-refractivity contribution in [3.63, 3.8) is 0 Å². The molecule has 7 heteroatoms. The molecule has 5 N–H and O–H groups in total. The van der Waals surface area contributed by atoms with Gasteiger partial charge in [-0.15, -0.1) is 0 Å². The molecule has 0 aliphatic rings. The molecule has 6 nitrogen and oxygen atoms in total. The largest absolute Gasteiger partial charge is 0.503 e. The summed E-state index contributed by atoms with van der Waals surface area (Å²) in [5, 5.41) is 21.7. The van der Waals surface area contributed by atoms with Gasteiger partial charge in [0.1, 0.15) is 6.10 Å². The zero-order chi connectivity index (χ0) is 13.7. The quantitative estimate of drug-likeness (QED) is 0.595. The molecular formula is C11H15BrN2O4. The molecule has 0 saturated carbocycles. The molecule has 0 bridgehead atoms. The summed E-state index contributed by atoms with van der Waals surface area (Å²) in [6.07, 6.45) is -1.22. The van der Waals surface area contributed by atoms with E-state index in [1.54, 1.807) is 12.1 Å². The lowest BCUT2D eigenvalue weighted by atomic mass is 10.2. The van der Waals surface area contributed by atoms with Crippen molar-refractivity contribution >= 4 is 21.8 Å². The van der Waals surface area contributed by atoms with Crippen molar-refractivity contribution in [3.8, 4) is 11.5 Å². The van der Waals surface area contributed by atoms with Crippen LogP contribution in [-0.4, -0.2) is 35.9 Å². The van der Waals surface area contributed by atoms with Gasteiger partial charge in [0, 0.05) is 13.1 Å². The van der Waals surface area contributed by atoms with Gasteiger partial charge in [0.2, 0.25) is 5.91 Å². The Balaban J connectivity index is 2.63. The van der Waals surface area contributed by atoms with E-state index in [2.05, 4.69) is 21.2 Å². The van der Waals surface area contributed by atoms with E-state index in [1.165, 1.54) is 7.11 Å². The fourth-order valence-electron chi connectivity index (χ4n) is 1.34. The SMILES string of the molecule is COc1cc(CNCC(O)C(N)=O)cc(Br)c1O. The van der Waals surface area contributed by atoms with Crippen LogP contribution in [0.2, 0.25) is 0 Å². The van der Waals surface area contributed by atoms with E-state index < -0.39 is 12.0 Å². The van der Waals surface area contributed by atoms with E-state index >= 15 is 0 Å². The average molecular weight is 319 g/mol. The lowest BCUT2D eigenvalue weighted by molar-refractivity contribution is -0.125. The van der Waals surface area contributed by atoms with Crippen molar-refractivity contribution < 1.29 is 19.7 Å². The topological polar surface area (TPSA) is 105 Å². The molecule has 0 heterocycles. The number of rotatable bonds is 6. The molecule has 0 saturated heterocycles. The van der Waals surface area contributed by atoms with E-state index in [9.17, 15) is 15.0 Å². The maximum atomic E-state index is 10.6. The molecule has 1 aromatic carbocycles. The number of phenolic OH excluding ortho intramolecular Hbond substituents is 1.